The summed E-state index contributed by atoms with van der Waals surface area (Å²) in [6.45, 7) is 4.81. The van der Waals surface area contributed by atoms with Crippen LogP contribution in [-0.4, -0.2) is 42.9 Å². The summed E-state index contributed by atoms with van der Waals surface area (Å²) in [7, 11) is 0. The number of hydrogen-bond donors (Lipinski definition) is 1. The number of nitrogens with one attached hydrogen (secondary N) is 1. The van der Waals surface area contributed by atoms with Crippen LogP contribution in [0.15, 0.2) is 35.7 Å². The molecule has 5 nitrogen and oxygen atoms in total. The Balaban J connectivity index is 1.64. The average molecular weight is 378 g/mol. The molecule has 0 atom stereocenters. The molecule has 0 bridgehead atoms. The molecule has 0 aliphatic carbocycles. The van der Waals surface area contributed by atoms with Gasteiger partial charge in [0.05, 0.1) is 15.6 Å². The highest BCUT2D eigenvalue weighted by Crippen LogP contribution is 2.30. The Morgan fingerprint density at radius 2 is 1.96 bits per heavy atom. The highest BCUT2D eigenvalue weighted by Gasteiger charge is 2.21. The van der Waals surface area contributed by atoms with Crippen molar-refractivity contribution in [3.8, 4) is 0 Å². The quantitative estimate of drug-likeness (QED) is 0.883. The van der Waals surface area contributed by atoms with Crippen LogP contribution in [-0.2, 0) is 4.79 Å². The molecular formula is C18H20ClN3O2S. The number of piperazine rings is 1. The molecule has 1 fully saturated rings. The lowest BCUT2D eigenvalue weighted by atomic mass is 10.2. The Kier molecular flexibility index (Phi) is 5.60. The zero-order chi connectivity index (χ0) is 17.8. The number of carbonyl (C=O) groups is 2. The summed E-state index contributed by atoms with van der Waals surface area (Å²) < 4.78 is 0. The molecule has 3 rings (SSSR count). The van der Waals surface area contributed by atoms with E-state index in [4.69, 9.17) is 11.6 Å². The molecule has 7 heteroatoms. The van der Waals surface area contributed by atoms with Gasteiger partial charge in [-0.2, -0.15) is 0 Å². The summed E-state index contributed by atoms with van der Waals surface area (Å²) >= 11 is 7.83. The van der Waals surface area contributed by atoms with Gasteiger partial charge in [0, 0.05) is 38.3 Å². The Bertz CT molecular complexity index is 756. The van der Waals surface area contributed by atoms with E-state index in [-0.39, 0.29) is 11.8 Å². The predicted octanol–water partition coefficient (Wildman–Crippen LogP) is 3.71. The largest absolute Gasteiger partial charge is 0.367 e. The van der Waals surface area contributed by atoms with Crippen LogP contribution in [0.25, 0.3) is 0 Å². The molecule has 0 radical (unpaired) electrons. The fourth-order valence-corrected chi connectivity index (χ4v) is 3.78. The van der Waals surface area contributed by atoms with E-state index in [1.807, 2.05) is 35.4 Å². The van der Waals surface area contributed by atoms with Crippen molar-refractivity contribution in [3.63, 3.8) is 0 Å². The molecule has 25 heavy (non-hydrogen) atoms. The smallest absolute Gasteiger partial charge is 0.265 e. The van der Waals surface area contributed by atoms with E-state index in [1.54, 1.807) is 12.1 Å². The fraction of sp³-hybridized carbons (Fsp3) is 0.333. The first-order valence-electron chi connectivity index (χ1n) is 8.25. The van der Waals surface area contributed by atoms with Crippen LogP contribution in [0.5, 0.6) is 0 Å². The number of amides is 2. The minimum Gasteiger partial charge on any atom is -0.367 e. The summed E-state index contributed by atoms with van der Waals surface area (Å²) in [5.74, 6) is 0.0582. The first kappa shape index (κ1) is 17.8. The second-order valence-electron chi connectivity index (χ2n) is 5.82. The van der Waals surface area contributed by atoms with Crippen LogP contribution in [0.4, 0.5) is 11.4 Å². The Hall–Kier alpha value is -2.05. The number of rotatable bonds is 4. The number of benzene rings is 1. The van der Waals surface area contributed by atoms with Gasteiger partial charge in [-0.15, -0.1) is 11.3 Å². The lowest BCUT2D eigenvalue weighted by Gasteiger charge is -2.36. The molecule has 132 valence electrons. The number of halogens is 1. The first-order valence-corrected chi connectivity index (χ1v) is 9.51. The van der Waals surface area contributed by atoms with Crippen LogP contribution < -0.4 is 10.2 Å². The van der Waals surface area contributed by atoms with Gasteiger partial charge in [-0.1, -0.05) is 24.6 Å². The lowest BCUT2D eigenvalue weighted by Crippen LogP contribution is -2.48. The van der Waals surface area contributed by atoms with Crippen molar-refractivity contribution >= 4 is 46.1 Å². The SMILES string of the molecule is CCC(=O)N1CCN(c2ccc(NC(=O)c3cccs3)cc2Cl)CC1. The van der Waals surface area contributed by atoms with Gasteiger partial charge in [-0.3, -0.25) is 9.59 Å². The maximum absolute atomic E-state index is 12.1. The average Bonchev–Trinajstić information content (AvgIpc) is 3.16. The molecule has 1 aliphatic rings. The summed E-state index contributed by atoms with van der Waals surface area (Å²) in [5, 5.41) is 5.33. The van der Waals surface area contributed by atoms with Crippen molar-refractivity contribution in [3.05, 3.63) is 45.6 Å². The predicted molar refractivity (Wildman–Crippen MR) is 103 cm³/mol. The van der Waals surface area contributed by atoms with Gasteiger partial charge in [-0.25, -0.2) is 0 Å². The standard InChI is InChI=1S/C18H20ClN3O2S/c1-2-17(23)22-9-7-21(8-10-22)15-6-5-13(12-14(15)19)20-18(24)16-4-3-11-25-16/h3-6,11-12H,2,7-10H2,1H3,(H,20,24). The Morgan fingerprint density at radius 3 is 2.56 bits per heavy atom. The minimum atomic E-state index is -0.134. The van der Waals surface area contributed by atoms with Gasteiger partial charge in [0.2, 0.25) is 5.91 Å². The van der Waals surface area contributed by atoms with Gasteiger partial charge in [-0.05, 0) is 29.6 Å². The van der Waals surface area contributed by atoms with Crippen LogP contribution >= 0.6 is 22.9 Å². The molecule has 0 spiro atoms. The number of nitrogens with zero attached hydrogens (tertiary/aromatic N) is 2. The molecule has 1 aromatic heterocycles. The number of hydrogen-bond acceptors (Lipinski definition) is 4. The van der Waals surface area contributed by atoms with E-state index < -0.39 is 0 Å². The minimum absolute atomic E-state index is 0.134. The normalized spacial score (nSPS) is 14.5. The summed E-state index contributed by atoms with van der Waals surface area (Å²) in [6, 6.07) is 9.18. The van der Waals surface area contributed by atoms with Crippen molar-refractivity contribution in [1.82, 2.24) is 4.90 Å². The molecule has 2 aromatic rings. The van der Waals surface area contributed by atoms with E-state index in [0.717, 1.165) is 18.8 Å². The molecule has 1 saturated heterocycles. The van der Waals surface area contributed by atoms with Crippen molar-refractivity contribution in [1.29, 1.82) is 0 Å². The van der Waals surface area contributed by atoms with E-state index in [1.165, 1.54) is 11.3 Å². The summed E-state index contributed by atoms with van der Waals surface area (Å²) in [5.41, 5.74) is 1.60. The maximum Gasteiger partial charge on any atom is 0.265 e. The number of carbonyl (C=O) groups excluding carboxylic acids is 2. The van der Waals surface area contributed by atoms with E-state index >= 15 is 0 Å². The second-order valence-corrected chi connectivity index (χ2v) is 7.17. The molecule has 1 N–H and O–H groups in total. The van der Waals surface area contributed by atoms with Gasteiger partial charge < -0.3 is 15.1 Å². The molecule has 2 amide bonds. The highest BCUT2D eigenvalue weighted by molar-refractivity contribution is 7.12. The van der Waals surface area contributed by atoms with Crippen LogP contribution in [0.1, 0.15) is 23.0 Å². The second kappa shape index (κ2) is 7.89. The summed E-state index contributed by atoms with van der Waals surface area (Å²) in [6.07, 6.45) is 0.541. The third-order valence-electron chi connectivity index (χ3n) is 4.23. The molecule has 1 aromatic carbocycles. The Labute approximate surface area is 156 Å². The Morgan fingerprint density at radius 1 is 1.20 bits per heavy atom. The molecule has 2 heterocycles. The number of thiophene rings is 1. The van der Waals surface area contributed by atoms with Gasteiger partial charge in [0.15, 0.2) is 0 Å². The van der Waals surface area contributed by atoms with Crippen molar-refractivity contribution in [2.24, 2.45) is 0 Å². The van der Waals surface area contributed by atoms with Crippen molar-refractivity contribution < 1.29 is 9.59 Å². The monoisotopic (exact) mass is 377 g/mol. The molecular weight excluding hydrogens is 358 g/mol. The highest BCUT2D eigenvalue weighted by atomic mass is 35.5. The van der Waals surface area contributed by atoms with Crippen molar-refractivity contribution in [2.75, 3.05) is 36.4 Å². The van der Waals surface area contributed by atoms with Gasteiger partial charge in [0.1, 0.15) is 0 Å². The van der Waals surface area contributed by atoms with E-state index in [2.05, 4.69) is 10.2 Å². The summed E-state index contributed by atoms with van der Waals surface area (Å²) in [4.78, 5) is 28.6. The zero-order valence-corrected chi connectivity index (χ0v) is 15.6. The third kappa shape index (κ3) is 4.14. The molecule has 0 saturated carbocycles. The van der Waals surface area contributed by atoms with E-state index in [0.29, 0.717) is 35.1 Å². The first-order chi connectivity index (χ1) is 12.1. The van der Waals surface area contributed by atoms with Crippen LogP contribution in [0, 0.1) is 0 Å². The number of anilines is 2. The van der Waals surface area contributed by atoms with Crippen LogP contribution in [0.3, 0.4) is 0 Å². The van der Waals surface area contributed by atoms with Crippen LogP contribution in [0.2, 0.25) is 5.02 Å². The molecule has 0 unspecified atom stereocenters. The third-order valence-corrected chi connectivity index (χ3v) is 5.40. The van der Waals surface area contributed by atoms with E-state index in [9.17, 15) is 9.59 Å². The zero-order valence-electron chi connectivity index (χ0n) is 14.0. The topological polar surface area (TPSA) is 52.7 Å². The maximum atomic E-state index is 12.1. The lowest BCUT2D eigenvalue weighted by molar-refractivity contribution is -0.131. The van der Waals surface area contributed by atoms with Gasteiger partial charge >= 0.3 is 0 Å². The fourth-order valence-electron chi connectivity index (χ4n) is 2.86. The van der Waals surface area contributed by atoms with Gasteiger partial charge in [0.25, 0.3) is 5.91 Å². The molecule has 1 aliphatic heterocycles. The van der Waals surface area contributed by atoms with Crippen molar-refractivity contribution in [2.45, 2.75) is 13.3 Å².